The number of para-hydroxylation sites is 1. The largest absolute Gasteiger partial charge is 0.353 e. The van der Waals surface area contributed by atoms with Crippen molar-refractivity contribution in [1.82, 2.24) is 24.6 Å². The number of aryl methyl sites for hydroxylation is 1. The zero-order chi connectivity index (χ0) is 19.7. The summed E-state index contributed by atoms with van der Waals surface area (Å²) >= 11 is 0. The lowest BCUT2D eigenvalue weighted by Gasteiger charge is -2.33. The Balaban J connectivity index is 1.54. The molecular weight excluding hydrogens is 354 g/mol. The Morgan fingerprint density at radius 2 is 2.07 bits per heavy atom. The molecule has 1 amide bonds. The smallest absolute Gasteiger partial charge is 0.291 e. The monoisotopic (exact) mass is 381 g/mol. The summed E-state index contributed by atoms with van der Waals surface area (Å²) in [6, 6.07) is 8.34. The second-order valence-corrected chi connectivity index (χ2v) is 7.67. The van der Waals surface area contributed by atoms with Crippen LogP contribution in [0.2, 0.25) is 0 Å². The van der Waals surface area contributed by atoms with Gasteiger partial charge in [-0.3, -0.25) is 14.5 Å². The Morgan fingerprint density at radius 3 is 2.89 bits per heavy atom. The molecule has 1 N–H and O–H groups in total. The number of hydrogen-bond donors (Lipinski definition) is 1. The van der Waals surface area contributed by atoms with Gasteiger partial charge >= 0.3 is 0 Å². The van der Waals surface area contributed by atoms with Gasteiger partial charge in [-0.05, 0) is 32.4 Å². The third-order valence-electron chi connectivity index (χ3n) is 5.83. The van der Waals surface area contributed by atoms with Crippen LogP contribution in [0.5, 0.6) is 0 Å². The number of piperidine rings is 1. The second kappa shape index (κ2) is 7.75. The van der Waals surface area contributed by atoms with Crippen molar-refractivity contribution in [3.63, 3.8) is 0 Å². The molecule has 0 radical (unpaired) electrons. The van der Waals surface area contributed by atoms with Gasteiger partial charge in [-0.25, -0.2) is 4.68 Å². The van der Waals surface area contributed by atoms with Crippen LogP contribution >= 0.6 is 0 Å². The number of hydrogen-bond acceptors (Lipinski definition) is 4. The number of carbonyl (C=O) groups excluding carboxylic acids is 1. The van der Waals surface area contributed by atoms with E-state index in [0.717, 1.165) is 29.4 Å². The van der Waals surface area contributed by atoms with Crippen molar-refractivity contribution in [1.29, 1.82) is 0 Å². The van der Waals surface area contributed by atoms with Crippen molar-refractivity contribution in [2.45, 2.75) is 38.8 Å². The molecule has 3 aromatic rings. The fourth-order valence-electron chi connectivity index (χ4n) is 4.23. The zero-order valence-electron chi connectivity index (χ0n) is 16.5. The molecule has 7 nitrogen and oxygen atoms in total. The average Bonchev–Trinajstić information content (AvgIpc) is 3.01. The normalized spacial score (nSPS) is 18.0. The topological polar surface area (TPSA) is 72.2 Å². The highest BCUT2D eigenvalue weighted by Crippen LogP contribution is 2.26. The molecule has 0 saturated carbocycles. The maximum absolute atomic E-state index is 12.7. The Hall–Kier alpha value is -2.67. The zero-order valence-corrected chi connectivity index (χ0v) is 16.5. The molecule has 7 heteroatoms. The van der Waals surface area contributed by atoms with E-state index in [1.165, 1.54) is 23.9 Å². The highest BCUT2D eigenvalue weighted by Gasteiger charge is 2.19. The van der Waals surface area contributed by atoms with E-state index in [9.17, 15) is 9.59 Å². The van der Waals surface area contributed by atoms with E-state index in [-0.39, 0.29) is 18.0 Å². The lowest BCUT2D eigenvalue weighted by molar-refractivity contribution is -0.121. The maximum atomic E-state index is 12.7. The van der Waals surface area contributed by atoms with E-state index < -0.39 is 0 Å². The number of aromatic nitrogens is 3. The Morgan fingerprint density at radius 1 is 1.25 bits per heavy atom. The highest BCUT2D eigenvalue weighted by atomic mass is 16.2. The first-order chi connectivity index (χ1) is 13.6. The van der Waals surface area contributed by atoms with Crippen LogP contribution in [0, 0.1) is 0 Å². The minimum Gasteiger partial charge on any atom is -0.353 e. The summed E-state index contributed by atoms with van der Waals surface area (Å²) < 4.78 is 3.13. The molecule has 2 aromatic heterocycles. The van der Waals surface area contributed by atoms with E-state index in [1.807, 2.05) is 28.8 Å². The Labute approximate surface area is 163 Å². The van der Waals surface area contributed by atoms with Crippen molar-refractivity contribution < 1.29 is 4.79 Å². The number of benzene rings is 1. The predicted octanol–water partition coefficient (Wildman–Crippen LogP) is 1.88. The first-order valence-electron chi connectivity index (χ1n) is 10.0. The van der Waals surface area contributed by atoms with Gasteiger partial charge in [0.15, 0.2) is 0 Å². The lowest BCUT2D eigenvalue weighted by atomic mass is 10.0. The molecule has 1 saturated heterocycles. The number of nitrogens with one attached hydrogen (secondary N) is 1. The van der Waals surface area contributed by atoms with Gasteiger partial charge < -0.3 is 9.88 Å². The van der Waals surface area contributed by atoms with Gasteiger partial charge in [0.2, 0.25) is 5.91 Å². The van der Waals surface area contributed by atoms with Crippen molar-refractivity contribution in [2.75, 3.05) is 19.6 Å². The molecule has 1 aliphatic heterocycles. The van der Waals surface area contributed by atoms with Gasteiger partial charge in [0.05, 0.1) is 6.20 Å². The summed E-state index contributed by atoms with van der Waals surface area (Å²) in [4.78, 5) is 27.8. The minimum atomic E-state index is -0.191. The number of nitrogens with zero attached hydrogens (tertiary/aromatic N) is 4. The number of rotatable bonds is 5. The average molecular weight is 381 g/mol. The first kappa shape index (κ1) is 18.7. The van der Waals surface area contributed by atoms with Crippen LogP contribution in [-0.4, -0.2) is 50.8 Å². The third kappa shape index (κ3) is 3.42. The molecule has 4 rings (SSSR count). The fourth-order valence-corrected chi connectivity index (χ4v) is 4.23. The van der Waals surface area contributed by atoms with E-state index in [2.05, 4.69) is 22.2 Å². The van der Waals surface area contributed by atoms with Crippen LogP contribution in [0.3, 0.4) is 0 Å². The van der Waals surface area contributed by atoms with Crippen molar-refractivity contribution in [2.24, 2.45) is 7.05 Å². The van der Waals surface area contributed by atoms with Crippen LogP contribution in [0.1, 0.15) is 26.2 Å². The number of likely N-dealkylation sites (tertiary alicyclic amines) is 1. The standard InChI is InChI=1S/C21H27N5O2/c1-15-7-5-6-11-25(15)12-10-22-19(27)14-26-18-9-4-3-8-16(18)17-13-23-24(2)21(28)20(17)26/h3-4,8-9,13,15H,5-7,10-12,14H2,1-2H3,(H,22,27)/t15-/m1/s1. The van der Waals surface area contributed by atoms with E-state index in [4.69, 9.17) is 0 Å². The fraction of sp³-hybridized carbons (Fsp3) is 0.476. The molecule has 1 aromatic carbocycles. The van der Waals surface area contributed by atoms with Gasteiger partial charge in [-0.2, -0.15) is 5.10 Å². The van der Waals surface area contributed by atoms with Crippen molar-refractivity contribution in [3.8, 4) is 0 Å². The van der Waals surface area contributed by atoms with Crippen LogP contribution < -0.4 is 10.9 Å². The van der Waals surface area contributed by atoms with Crippen LogP contribution in [0.25, 0.3) is 21.8 Å². The van der Waals surface area contributed by atoms with Gasteiger partial charge in [-0.1, -0.05) is 24.6 Å². The predicted molar refractivity (Wildman–Crippen MR) is 110 cm³/mol. The molecule has 3 heterocycles. The lowest BCUT2D eigenvalue weighted by Crippen LogP contribution is -2.43. The summed E-state index contributed by atoms with van der Waals surface area (Å²) in [7, 11) is 1.63. The molecular formula is C21H27N5O2. The second-order valence-electron chi connectivity index (χ2n) is 7.67. The summed E-state index contributed by atoms with van der Waals surface area (Å²) in [5, 5.41) is 8.90. The van der Waals surface area contributed by atoms with Gasteiger partial charge in [0.25, 0.3) is 5.56 Å². The quantitative estimate of drug-likeness (QED) is 0.732. The van der Waals surface area contributed by atoms with Crippen LogP contribution in [-0.2, 0) is 18.4 Å². The SMILES string of the molecule is C[C@@H]1CCCCN1CCNC(=O)Cn1c2ccccc2c2cnn(C)c(=O)c21. The highest BCUT2D eigenvalue weighted by molar-refractivity contribution is 6.07. The van der Waals surface area contributed by atoms with Gasteiger partial charge in [0.1, 0.15) is 12.1 Å². The molecule has 1 aliphatic rings. The molecule has 0 unspecified atom stereocenters. The molecule has 28 heavy (non-hydrogen) atoms. The molecule has 0 bridgehead atoms. The van der Waals surface area contributed by atoms with Crippen LogP contribution in [0.15, 0.2) is 35.3 Å². The molecule has 1 fully saturated rings. The Bertz CT molecular complexity index is 1070. The van der Waals surface area contributed by atoms with E-state index >= 15 is 0 Å². The number of carbonyl (C=O) groups is 1. The first-order valence-corrected chi connectivity index (χ1v) is 10.0. The maximum Gasteiger partial charge on any atom is 0.291 e. The molecule has 1 atom stereocenters. The van der Waals surface area contributed by atoms with E-state index in [0.29, 0.717) is 18.1 Å². The Kier molecular flexibility index (Phi) is 5.17. The van der Waals surface area contributed by atoms with Gasteiger partial charge in [0, 0.05) is 42.5 Å². The van der Waals surface area contributed by atoms with E-state index in [1.54, 1.807) is 13.2 Å². The van der Waals surface area contributed by atoms with Crippen molar-refractivity contribution in [3.05, 3.63) is 40.8 Å². The number of fused-ring (bicyclic) bond motifs is 3. The molecule has 0 aliphatic carbocycles. The summed E-state index contributed by atoms with van der Waals surface area (Å²) in [5.74, 6) is -0.0776. The minimum absolute atomic E-state index is 0.0776. The van der Waals surface area contributed by atoms with Crippen molar-refractivity contribution >= 4 is 27.7 Å². The molecule has 148 valence electrons. The van der Waals surface area contributed by atoms with Crippen LogP contribution in [0.4, 0.5) is 0 Å². The van der Waals surface area contributed by atoms with Gasteiger partial charge in [-0.15, -0.1) is 0 Å². The third-order valence-corrected chi connectivity index (χ3v) is 5.83. The molecule has 0 spiro atoms. The summed E-state index contributed by atoms with van der Waals surface area (Å²) in [6.07, 6.45) is 5.45. The summed E-state index contributed by atoms with van der Waals surface area (Å²) in [5.41, 5.74) is 1.21. The number of amides is 1. The summed E-state index contributed by atoms with van der Waals surface area (Å²) in [6.45, 7) is 4.97.